The van der Waals surface area contributed by atoms with Crippen LogP contribution in [0.2, 0.25) is 0 Å². The van der Waals surface area contributed by atoms with Crippen LogP contribution in [0.3, 0.4) is 0 Å². The number of amides is 2. The van der Waals surface area contributed by atoms with Crippen molar-refractivity contribution in [3.05, 3.63) is 69.8 Å². The zero-order valence-corrected chi connectivity index (χ0v) is 16.4. The number of anilines is 2. The second kappa shape index (κ2) is 8.68. The summed E-state index contributed by atoms with van der Waals surface area (Å²) in [7, 11) is 0. The molecule has 2 aromatic rings. The summed E-state index contributed by atoms with van der Waals surface area (Å²) >= 11 is 0. The van der Waals surface area contributed by atoms with Gasteiger partial charge in [-0.05, 0) is 54.3 Å². The molecule has 0 saturated carbocycles. The van der Waals surface area contributed by atoms with E-state index in [0.29, 0.717) is 17.8 Å². The molecule has 0 saturated heterocycles. The Balaban J connectivity index is 1.71. The number of non-ortho nitro benzene ring substituents is 1. The number of nitrogens with zero attached hydrogens (tertiary/aromatic N) is 2. The first-order chi connectivity index (χ1) is 13.8. The third-order valence-corrected chi connectivity index (χ3v) is 4.76. The van der Waals surface area contributed by atoms with Crippen LogP contribution in [-0.4, -0.2) is 23.3 Å². The van der Waals surface area contributed by atoms with E-state index in [1.165, 1.54) is 18.2 Å². The minimum atomic E-state index is -0.469. The van der Waals surface area contributed by atoms with Crippen LogP contribution >= 0.6 is 0 Å². The van der Waals surface area contributed by atoms with Gasteiger partial charge in [0.1, 0.15) is 0 Å². The van der Waals surface area contributed by atoms with Crippen LogP contribution in [0, 0.1) is 16.0 Å². The number of aryl methyl sites for hydroxylation is 1. The highest BCUT2D eigenvalue weighted by Crippen LogP contribution is 2.31. The van der Waals surface area contributed by atoms with Gasteiger partial charge in [0.05, 0.1) is 4.92 Å². The first-order valence-electron chi connectivity index (χ1n) is 9.53. The summed E-state index contributed by atoms with van der Waals surface area (Å²) in [5.41, 5.74) is 3.26. The van der Waals surface area contributed by atoms with E-state index in [-0.39, 0.29) is 23.4 Å². The van der Waals surface area contributed by atoms with Crippen LogP contribution in [0.1, 0.15) is 31.4 Å². The van der Waals surface area contributed by atoms with Crippen molar-refractivity contribution in [3.63, 3.8) is 0 Å². The minimum Gasteiger partial charge on any atom is -0.322 e. The SMILES string of the molecule is CC(C)C(=O)N1CCCc2ccc(NC(=O)/C=C/c3ccc([N+](=O)[O-])cc3)cc21. The lowest BCUT2D eigenvalue weighted by Gasteiger charge is -2.31. The number of nitro groups is 1. The van der Waals surface area contributed by atoms with E-state index >= 15 is 0 Å². The molecular weight excluding hydrogens is 370 g/mol. The van der Waals surface area contributed by atoms with E-state index < -0.39 is 4.92 Å². The molecule has 0 spiro atoms. The smallest absolute Gasteiger partial charge is 0.269 e. The number of hydrogen-bond donors (Lipinski definition) is 1. The molecule has 0 radical (unpaired) electrons. The summed E-state index contributed by atoms with van der Waals surface area (Å²) in [6, 6.07) is 11.6. The van der Waals surface area contributed by atoms with Crippen molar-refractivity contribution in [1.82, 2.24) is 0 Å². The maximum Gasteiger partial charge on any atom is 0.269 e. The number of fused-ring (bicyclic) bond motifs is 1. The maximum absolute atomic E-state index is 12.5. The molecule has 1 heterocycles. The molecule has 150 valence electrons. The zero-order valence-electron chi connectivity index (χ0n) is 16.4. The lowest BCUT2D eigenvalue weighted by Crippen LogP contribution is -2.38. The normalized spacial score (nSPS) is 13.4. The quantitative estimate of drug-likeness (QED) is 0.468. The molecule has 2 amide bonds. The van der Waals surface area contributed by atoms with Crippen molar-refractivity contribution in [3.8, 4) is 0 Å². The fraction of sp³-hybridized carbons (Fsp3) is 0.273. The van der Waals surface area contributed by atoms with Gasteiger partial charge in [0.25, 0.3) is 5.69 Å². The third-order valence-electron chi connectivity index (χ3n) is 4.76. The predicted molar refractivity (Wildman–Crippen MR) is 113 cm³/mol. The highest BCUT2D eigenvalue weighted by atomic mass is 16.6. The molecule has 1 N–H and O–H groups in total. The first-order valence-corrected chi connectivity index (χ1v) is 9.53. The Morgan fingerprint density at radius 3 is 2.55 bits per heavy atom. The average molecular weight is 393 g/mol. The van der Waals surface area contributed by atoms with Crippen molar-refractivity contribution >= 4 is 35.0 Å². The maximum atomic E-state index is 12.5. The van der Waals surface area contributed by atoms with Gasteiger partial charge in [-0.2, -0.15) is 0 Å². The molecule has 1 aliphatic heterocycles. The van der Waals surface area contributed by atoms with Crippen LogP contribution < -0.4 is 10.2 Å². The number of carbonyl (C=O) groups is 2. The van der Waals surface area contributed by atoms with E-state index in [9.17, 15) is 19.7 Å². The van der Waals surface area contributed by atoms with Crippen molar-refractivity contribution < 1.29 is 14.5 Å². The van der Waals surface area contributed by atoms with Gasteiger partial charge in [0.15, 0.2) is 0 Å². The summed E-state index contributed by atoms with van der Waals surface area (Å²) in [5.74, 6) is -0.336. The predicted octanol–water partition coefficient (Wildman–Crippen LogP) is 4.18. The molecule has 29 heavy (non-hydrogen) atoms. The fourth-order valence-electron chi connectivity index (χ4n) is 3.26. The Bertz CT molecular complexity index is 965. The highest BCUT2D eigenvalue weighted by molar-refractivity contribution is 6.03. The van der Waals surface area contributed by atoms with Crippen LogP contribution in [0.5, 0.6) is 0 Å². The van der Waals surface area contributed by atoms with Crippen LogP contribution in [0.15, 0.2) is 48.5 Å². The molecule has 0 aliphatic carbocycles. The summed E-state index contributed by atoms with van der Waals surface area (Å²) < 4.78 is 0. The second-order valence-corrected chi connectivity index (χ2v) is 7.26. The van der Waals surface area contributed by atoms with Gasteiger partial charge in [0, 0.05) is 42.0 Å². The molecule has 7 nitrogen and oxygen atoms in total. The summed E-state index contributed by atoms with van der Waals surface area (Å²) in [6.45, 7) is 4.44. The van der Waals surface area contributed by atoms with Crippen molar-refractivity contribution in [2.45, 2.75) is 26.7 Å². The molecule has 1 aliphatic rings. The van der Waals surface area contributed by atoms with E-state index in [2.05, 4.69) is 5.32 Å². The van der Waals surface area contributed by atoms with Crippen molar-refractivity contribution in [1.29, 1.82) is 0 Å². The standard InChI is InChI=1S/C22H23N3O4/c1-15(2)22(27)24-13-3-4-17-8-9-18(14-20(17)24)23-21(26)12-7-16-5-10-19(11-6-16)25(28)29/h5-12,14-15H,3-4,13H2,1-2H3,(H,23,26)/b12-7+. The highest BCUT2D eigenvalue weighted by Gasteiger charge is 2.24. The average Bonchev–Trinajstić information content (AvgIpc) is 2.71. The number of carbonyl (C=O) groups excluding carboxylic acids is 2. The van der Waals surface area contributed by atoms with Gasteiger partial charge in [-0.25, -0.2) is 0 Å². The van der Waals surface area contributed by atoms with Crippen molar-refractivity contribution in [2.75, 3.05) is 16.8 Å². The Kier molecular flexibility index (Phi) is 6.07. The molecule has 0 fully saturated rings. The lowest BCUT2D eigenvalue weighted by molar-refractivity contribution is -0.384. The van der Waals surface area contributed by atoms with Crippen LogP contribution in [0.4, 0.5) is 17.1 Å². The molecule has 3 rings (SSSR count). The monoisotopic (exact) mass is 393 g/mol. The lowest BCUT2D eigenvalue weighted by atomic mass is 9.99. The zero-order chi connectivity index (χ0) is 21.0. The second-order valence-electron chi connectivity index (χ2n) is 7.26. The van der Waals surface area contributed by atoms with Crippen LogP contribution in [-0.2, 0) is 16.0 Å². The number of hydrogen-bond acceptors (Lipinski definition) is 4. The van der Waals surface area contributed by atoms with Gasteiger partial charge in [-0.1, -0.05) is 19.9 Å². The number of benzene rings is 2. The van der Waals surface area contributed by atoms with Gasteiger partial charge in [-0.3, -0.25) is 19.7 Å². The number of rotatable bonds is 5. The molecule has 7 heteroatoms. The van der Waals surface area contributed by atoms with E-state index in [1.54, 1.807) is 23.1 Å². The van der Waals surface area contributed by atoms with E-state index in [4.69, 9.17) is 0 Å². The Morgan fingerprint density at radius 2 is 1.90 bits per heavy atom. The number of nitrogens with one attached hydrogen (secondary N) is 1. The molecule has 0 unspecified atom stereocenters. The number of nitro benzene ring substituents is 1. The molecular formula is C22H23N3O4. The summed E-state index contributed by atoms with van der Waals surface area (Å²) in [4.78, 5) is 36.8. The Labute approximate surface area is 169 Å². The Hall–Kier alpha value is -3.48. The van der Waals surface area contributed by atoms with Crippen LogP contribution in [0.25, 0.3) is 6.08 Å². The van der Waals surface area contributed by atoms with Gasteiger partial charge >= 0.3 is 0 Å². The van der Waals surface area contributed by atoms with Gasteiger partial charge in [-0.15, -0.1) is 0 Å². The van der Waals surface area contributed by atoms with E-state index in [1.807, 2.05) is 32.0 Å². The fourth-order valence-corrected chi connectivity index (χ4v) is 3.26. The van der Waals surface area contributed by atoms with Crippen molar-refractivity contribution in [2.24, 2.45) is 5.92 Å². The summed E-state index contributed by atoms with van der Waals surface area (Å²) in [5, 5.41) is 13.5. The molecule has 2 aromatic carbocycles. The van der Waals surface area contributed by atoms with Gasteiger partial charge < -0.3 is 10.2 Å². The minimum absolute atomic E-state index is 0.00107. The summed E-state index contributed by atoms with van der Waals surface area (Å²) in [6.07, 6.45) is 4.80. The molecule has 0 atom stereocenters. The first kappa shape index (κ1) is 20.3. The topological polar surface area (TPSA) is 92.6 Å². The van der Waals surface area contributed by atoms with E-state index in [0.717, 1.165) is 24.1 Å². The van der Waals surface area contributed by atoms with Gasteiger partial charge in [0.2, 0.25) is 11.8 Å². The molecule has 0 bridgehead atoms. The molecule has 0 aromatic heterocycles. The Morgan fingerprint density at radius 1 is 1.17 bits per heavy atom. The third kappa shape index (κ3) is 4.87. The largest absolute Gasteiger partial charge is 0.322 e.